The summed E-state index contributed by atoms with van der Waals surface area (Å²) in [7, 11) is -3.45. The van der Waals surface area contributed by atoms with Crippen molar-refractivity contribution in [2.24, 2.45) is 0 Å². The van der Waals surface area contributed by atoms with E-state index in [9.17, 15) is 13.2 Å². The number of hydrogen-bond donors (Lipinski definition) is 1. The summed E-state index contributed by atoms with van der Waals surface area (Å²) >= 11 is 4.27. The fourth-order valence-electron chi connectivity index (χ4n) is 1.59. The van der Waals surface area contributed by atoms with Crippen LogP contribution < -0.4 is 4.74 Å². The van der Waals surface area contributed by atoms with E-state index in [1.165, 1.54) is 18.2 Å². The highest BCUT2D eigenvalue weighted by Crippen LogP contribution is 2.25. The van der Waals surface area contributed by atoms with Crippen LogP contribution in [0.25, 0.3) is 0 Å². The molecule has 0 amide bonds. The second-order valence-corrected chi connectivity index (χ2v) is 7.98. The van der Waals surface area contributed by atoms with Gasteiger partial charge < -0.3 is 9.84 Å². The lowest BCUT2D eigenvalue weighted by Gasteiger charge is -2.07. The molecule has 112 valence electrons. The maximum atomic E-state index is 12.1. The van der Waals surface area contributed by atoms with E-state index in [4.69, 9.17) is 9.84 Å². The number of benzene rings is 1. The molecule has 0 fully saturated rings. The molecule has 0 aliphatic rings. The first-order chi connectivity index (χ1) is 9.90. The molecule has 0 saturated carbocycles. The Morgan fingerprint density at radius 1 is 1.24 bits per heavy atom. The standard InChI is InChI=1S/C13H11BrO5S2/c14-9-1-3-10(4-2-9)21(17,18)8-6-19-11-5-7-20-12(11)13(15)16/h1-5,7H,6,8H2,(H,15,16). The number of rotatable bonds is 6. The molecule has 0 aliphatic heterocycles. The van der Waals surface area contributed by atoms with Gasteiger partial charge in [-0.05, 0) is 35.7 Å². The van der Waals surface area contributed by atoms with Gasteiger partial charge in [0.25, 0.3) is 0 Å². The lowest BCUT2D eigenvalue weighted by atomic mass is 10.4. The molecular formula is C13H11BrO5S2. The van der Waals surface area contributed by atoms with Crippen LogP contribution in [0, 0.1) is 0 Å². The SMILES string of the molecule is O=C(O)c1sccc1OCCS(=O)(=O)c1ccc(Br)cc1. The molecule has 0 saturated heterocycles. The number of carbonyl (C=O) groups is 1. The molecule has 1 heterocycles. The number of ether oxygens (including phenoxy) is 1. The average Bonchev–Trinajstić information content (AvgIpc) is 2.87. The van der Waals surface area contributed by atoms with Crippen LogP contribution in [0.4, 0.5) is 0 Å². The third-order valence-electron chi connectivity index (χ3n) is 2.61. The lowest BCUT2D eigenvalue weighted by molar-refractivity contribution is 0.0698. The van der Waals surface area contributed by atoms with E-state index < -0.39 is 15.8 Å². The summed E-state index contributed by atoms with van der Waals surface area (Å²) < 4.78 is 30.2. The zero-order valence-corrected chi connectivity index (χ0v) is 13.9. The number of aromatic carboxylic acids is 1. The molecule has 21 heavy (non-hydrogen) atoms. The van der Waals surface area contributed by atoms with Crippen LogP contribution >= 0.6 is 27.3 Å². The molecule has 0 bridgehead atoms. The summed E-state index contributed by atoms with van der Waals surface area (Å²) in [6.45, 7) is -0.102. The van der Waals surface area contributed by atoms with Gasteiger partial charge in [0.1, 0.15) is 12.4 Å². The Labute approximate surface area is 134 Å². The lowest BCUT2D eigenvalue weighted by Crippen LogP contribution is -2.14. The van der Waals surface area contributed by atoms with Crippen LogP contribution in [-0.2, 0) is 9.84 Å². The van der Waals surface area contributed by atoms with E-state index >= 15 is 0 Å². The van der Waals surface area contributed by atoms with Gasteiger partial charge in [-0.3, -0.25) is 0 Å². The third-order valence-corrected chi connectivity index (χ3v) is 5.71. The van der Waals surface area contributed by atoms with Gasteiger partial charge in [0.05, 0.1) is 10.6 Å². The van der Waals surface area contributed by atoms with E-state index in [2.05, 4.69) is 15.9 Å². The monoisotopic (exact) mass is 390 g/mol. The highest BCUT2D eigenvalue weighted by atomic mass is 79.9. The second kappa shape index (κ2) is 6.59. The van der Waals surface area contributed by atoms with Gasteiger partial charge in [0.15, 0.2) is 14.7 Å². The van der Waals surface area contributed by atoms with Crippen molar-refractivity contribution in [3.05, 3.63) is 45.1 Å². The number of halogens is 1. The molecule has 2 rings (SSSR count). The van der Waals surface area contributed by atoms with Crippen molar-refractivity contribution in [1.29, 1.82) is 0 Å². The summed E-state index contributed by atoms with van der Waals surface area (Å²) in [5, 5.41) is 10.5. The summed E-state index contributed by atoms with van der Waals surface area (Å²) in [4.78, 5) is 11.2. The van der Waals surface area contributed by atoms with Crippen LogP contribution in [0.1, 0.15) is 9.67 Å². The summed E-state index contributed by atoms with van der Waals surface area (Å²) in [6.07, 6.45) is 0. The van der Waals surface area contributed by atoms with Crippen LogP contribution in [-0.4, -0.2) is 31.9 Å². The Bertz CT molecular complexity index is 734. The van der Waals surface area contributed by atoms with Gasteiger partial charge in [-0.2, -0.15) is 0 Å². The summed E-state index contributed by atoms with van der Waals surface area (Å²) in [5.74, 6) is -1.11. The molecule has 8 heteroatoms. The van der Waals surface area contributed by atoms with E-state index in [-0.39, 0.29) is 27.9 Å². The number of hydrogen-bond acceptors (Lipinski definition) is 5. The number of carboxylic acids is 1. The van der Waals surface area contributed by atoms with E-state index in [0.29, 0.717) is 0 Å². The molecule has 0 aliphatic carbocycles. The van der Waals surface area contributed by atoms with Crippen molar-refractivity contribution in [1.82, 2.24) is 0 Å². The smallest absolute Gasteiger partial charge is 0.349 e. The van der Waals surface area contributed by atoms with Crippen molar-refractivity contribution >= 4 is 43.1 Å². The molecule has 0 spiro atoms. The highest BCUT2D eigenvalue weighted by Gasteiger charge is 2.17. The minimum absolute atomic E-state index is 0.0658. The fourth-order valence-corrected chi connectivity index (χ4v) is 3.61. The largest absolute Gasteiger partial charge is 0.491 e. The molecule has 0 unspecified atom stereocenters. The van der Waals surface area contributed by atoms with E-state index in [1.54, 1.807) is 17.5 Å². The van der Waals surface area contributed by atoms with Gasteiger partial charge >= 0.3 is 5.97 Å². The van der Waals surface area contributed by atoms with E-state index in [0.717, 1.165) is 15.8 Å². The summed E-state index contributed by atoms with van der Waals surface area (Å²) in [6, 6.07) is 7.82. The number of sulfone groups is 1. The molecule has 1 N–H and O–H groups in total. The molecule has 0 atom stereocenters. The maximum Gasteiger partial charge on any atom is 0.349 e. The first kappa shape index (κ1) is 16.0. The van der Waals surface area contributed by atoms with Crippen LogP contribution in [0.5, 0.6) is 5.75 Å². The van der Waals surface area contributed by atoms with Gasteiger partial charge in [0, 0.05) is 4.47 Å². The molecule has 5 nitrogen and oxygen atoms in total. The molecule has 1 aromatic carbocycles. The molecular weight excluding hydrogens is 380 g/mol. The van der Waals surface area contributed by atoms with Crippen molar-refractivity contribution in [3.63, 3.8) is 0 Å². The van der Waals surface area contributed by atoms with Crippen molar-refractivity contribution < 1.29 is 23.1 Å². The van der Waals surface area contributed by atoms with Gasteiger partial charge in [-0.25, -0.2) is 13.2 Å². The minimum atomic E-state index is -3.45. The molecule has 0 radical (unpaired) electrons. The van der Waals surface area contributed by atoms with Crippen LogP contribution in [0.2, 0.25) is 0 Å². The first-order valence-corrected chi connectivity index (χ1v) is 9.14. The Kier molecular flexibility index (Phi) is 5.02. The first-order valence-electron chi connectivity index (χ1n) is 5.82. The van der Waals surface area contributed by atoms with Crippen molar-refractivity contribution in [3.8, 4) is 5.75 Å². The van der Waals surface area contributed by atoms with Crippen molar-refractivity contribution in [2.75, 3.05) is 12.4 Å². The zero-order valence-electron chi connectivity index (χ0n) is 10.7. The molecule has 1 aromatic heterocycles. The van der Waals surface area contributed by atoms with Crippen LogP contribution in [0.15, 0.2) is 45.1 Å². The molecule has 2 aromatic rings. The predicted octanol–water partition coefficient (Wildman–Crippen LogP) is 3.06. The number of carboxylic acid groups (broad SMARTS) is 1. The van der Waals surface area contributed by atoms with Gasteiger partial charge in [-0.15, -0.1) is 11.3 Å². The Morgan fingerprint density at radius 2 is 1.90 bits per heavy atom. The minimum Gasteiger partial charge on any atom is -0.491 e. The van der Waals surface area contributed by atoms with E-state index in [1.807, 2.05) is 0 Å². The average molecular weight is 391 g/mol. The number of thiophene rings is 1. The van der Waals surface area contributed by atoms with Crippen molar-refractivity contribution in [2.45, 2.75) is 4.90 Å². The quantitative estimate of drug-likeness (QED) is 0.819. The zero-order chi connectivity index (χ0) is 15.5. The van der Waals surface area contributed by atoms with Gasteiger partial charge in [0.2, 0.25) is 0 Å². The predicted molar refractivity (Wildman–Crippen MR) is 83.0 cm³/mol. The third kappa shape index (κ3) is 4.05. The fraction of sp³-hybridized carbons (Fsp3) is 0.154. The Balaban J connectivity index is 2.01. The topological polar surface area (TPSA) is 80.7 Å². The maximum absolute atomic E-state index is 12.1. The normalized spacial score (nSPS) is 11.3. The summed E-state index contributed by atoms with van der Waals surface area (Å²) in [5.41, 5.74) is 0. The Hall–Kier alpha value is -1.38. The van der Waals surface area contributed by atoms with Crippen LogP contribution in [0.3, 0.4) is 0 Å². The second-order valence-electron chi connectivity index (χ2n) is 4.04. The Morgan fingerprint density at radius 3 is 2.52 bits per heavy atom. The highest BCUT2D eigenvalue weighted by molar-refractivity contribution is 9.10. The van der Waals surface area contributed by atoms with Gasteiger partial charge in [-0.1, -0.05) is 15.9 Å².